The van der Waals surface area contributed by atoms with Gasteiger partial charge in [-0.25, -0.2) is 49.1 Å². The van der Waals surface area contributed by atoms with Crippen molar-refractivity contribution in [2.24, 2.45) is 35.0 Å². The highest BCUT2D eigenvalue weighted by atomic mass is 19.2. The number of benzene rings is 6. The highest BCUT2D eigenvalue weighted by Crippen LogP contribution is 2.45. The molecule has 6 aliphatic rings. The highest BCUT2D eigenvalue weighted by molar-refractivity contribution is 5.89. The minimum atomic E-state index is -1.23. The smallest absolute Gasteiger partial charge is 0.408 e. The Morgan fingerprint density at radius 3 is 0.921 bits per heavy atom. The number of amides is 5. The molecule has 25 heteroatoms. The third-order valence-corrected chi connectivity index (χ3v) is 20.9. The van der Waals surface area contributed by atoms with Gasteiger partial charge in [-0.05, 0) is 179 Å². The second-order valence-corrected chi connectivity index (χ2v) is 27.2. The molecule has 6 fully saturated rings. The molecule has 6 aliphatic heterocycles. The van der Waals surface area contributed by atoms with E-state index in [0.29, 0.717) is 67.9 Å². The number of piperidine rings is 3. The Bertz CT molecular complexity index is 3640. The van der Waals surface area contributed by atoms with E-state index in [1.807, 2.05) is 57.2 Å². The molecule has 0 aliphatic carbocycles. The van der Waals surface area contributed by atoms with Crippen molar-refractivity contribution in [3.8, 4) is 0 Å². The van der Waals surface area contributed by atoms with Gasteiger partial charge in [0.05, 0.1) is 13.2 Å². The van der Waals surface area contributed by atoms with E-state index in [1.165, 1.54) is 7.11 Å². The Morgan fingerprint density at radius 2 is 0.653 bits per heavy atom. The number of alkyl carbamates (subject to hydrolysis) is 2. The van der Waals surface area contributed by atoms with E-state index in [4.69, 9.17) is 31.4 Å². The van der Waals surface area contributed by atoms with E-state index >= 15 is 0 Å². The number of carbonyl (C=O) groups excluding carboxylic acids is 5. The lowest BCUT2D eigenvalue weighted by Gasteiger charge is -2.42. The summed E-state index contributed by atoms with van der Waals surface area (Å²) >= 11 is 0. The fourth-order valence-electron chi connectivity index (χ4n) is 16.1. The van der Waals surface area contributed by atoms with Gasteiger partial charge in [0.2, 0.25) is 11.8 Å². The van der Waals surface area contributed by atoms with E-state index in [-0.39, 0.29) is 121 Å². The fourth-order valence-corrected chi connectivity index (χ4v) is 16.1. The summed E-state index contributed by atoms with van der Waals surface area (Å²) < 4.78 is 138. The van der Waals surface area contributed by atoms with E-state index in [9.17, 15) is 63.5 Å². The Balaban J connectivity index is 0.000000164. The van der Waals surface area contributed by atoms with Crippen LogP contribution in [0.25, 0.3) is 0 Å². The zero-order valence-corrected chi connectivity index (χ0v) is 56.5. The van der Waals surface area contributed by atoms with Gasteiger partial charge >= 0.3 is 12.2 Å². The van der Waals surface area contributed by atoms with Crippen molar-refractivity contribution in [2.75, 3.05) is 20.3 Å². The van der Waals surface area contributed by atoms with Gasteiger partial charge < -0.3 is 56.7 Å². The Kier molecular flexibility index (Phi) is 25.3. The van der Waals surface area contributed by atoms with Crippen LogP contribution < -0.4 is 27.8 Å². The summed E-state index contributed by atoms with van der Waals surface area (Å²) in [7, 11) is 1.54. The molecule has 5 amide bonds. The SMILES string of the molecule is CCOC(=O)N[C@@H](C(=O)N1[C@@H]2CC[C@H]1CC([C@H](N)Cc1cc(F)c(F)cc1F)C2)c1ccccc1.CCOC(=O)N[C@H](C(=O)N1[C@@H]2CC[C@H]1CC([C@H](N)Cc1cc(F)c(F)cc1F)C2)c1ccccc1.CO[C@H](C(=O)N1[C@@H]2CC[C@H]1CC([C@H](N)Cc1cc(F)c(F)cc1F)C2)c1ccccc1. The van der Waals surface area contributed by atoms with Crippen LogP contribution in [0.4, 0.5) is 49.1 Å². The third-order valence-electron chi connectivity index (χ3n) is 20.9. The number of methoxy groups -OCH3 is 1. The molecule has 6 aromatic rings. The van der Waals surface area contributed by atoms with Crippen molar-refractivity contribution in [1.82, 2.24) is 25.3 Å². The molecule has 8 N–H and O–H groups in total. The lowest BCUT2D eigenvalue weighted by atomic mass is 9.82. The van der Waals surface area contributed by atoms with Gasteiger partial charge in [-0.3, -0.25) is 14.4 Å². The van der Waals surface area contributed by atoms with Gasteiger partial charge in [0.25, 0.3) is 5.91 Å². The number of fused-ring (bicyclic) bond motifs is 6. The van der Waals surface area contributed by atoms with Crippen molar-refractivity contribution < 1.29 is 77.7 Å². The number of nitrogens with zero attached hydrogens (tertiary/aromatic N) is 3. The van der Waals surface area contributed by atoms with Crippen LogP contribution in [0.1, 0.15) is 142 Å². The average Bonchev–Trinajstić information content (AvgIpc) is 1.67. The predicted molar refractivity (Wildman–Crippen MR) is 358 cm³/mol. The molecule has 6 heterocycles. The Labute approximate surface area is 581 Å². The average molecular weight is 1410 g/mol. The quantitative estimate of drug-likeness (QED) is 0.0357. The Morgan fingerprint density at radius 1 is 0.396 bits per heavy atom. The summed E-state index contributed by atoms with van der Waals surface area (Å²) in [6.45, 7) is 3.77. The van der Waals surface area contributed by atoms with Crippen molar-refractivity contribution >= 4 is 29.9 Å². The summed E-state index contributed by atoms with van der Waals surface area (Å²) in [6.07, 6.45) is 7.24. The zero-order chi connectivity index (χ0) is 72.3. The van der Waals surface area contributed by atoms with Crippen molar-refractivity contribution in [3.63, 3.8) is 0 Å². The first kappa shape index (κ1) is 75.2. The van der Waals surface area contributed by atoms with Crippen LogP contribution in [0.15, 0.2) is 127 Å². The van der Waals surface area contributed by atoms with Gasteiger partial charge in [-0.1, -0.05) is 91.0 Å². The number of rotatable bonds is 20. The van der Waals surface area contributed by atoms with Gasteiger partial charge in [-0.15, -0.1) is 0 Å². The maximum atomic E-state index is 14.1. The molecule has 0 radical (unpaired) electrons. The second kappa shape index (κ2) is 34.0. The molecular weight excluding hydrogens is 1320 g/mol. The summed E-state index contributed by atoms with van der Waals surface area (Å²) in [4.78, 5) is 70.7. The molecule has 3 unspecified atom stereocenters. The molecule has 15 atom stereocenters. The lowest BCUT2D eigenvalue weighted by Crippen LogP contribution is -2.53. The molecule has 0 aromatic heterocycles. The first-order chi connectivity index (χ1) is 48.4. The normalized spacial score (nSPS) is 23.6. The molecule has 0 saturated carbocycles. The summed E-state index contributed by atoms with van der Waals surface area (Å²) in [5, 5.41) is 5.40. The third kappa shape index (κ3) is 17.9. The van der Waals surface area contributed by atoms with Gasteiger partial charge in [0.15, 0.2) is 41.0 Å². The van der Waals surface area contributed by atoms with Crippen LogP contribution in [0.2, 0.25) is 0 Å². The lowest BCUT2D eigenvalue weighted by molar-refractivity contribution is -0.148. The van der Waals surface area contributed by atoms with Gasteiger partial charge in [0, 0.05) is 79.7 Å². The minimum Gasteiger partial charge on any atom is -0.450 e. The summed E-state index contributed by atoms with van der Waals surface area (Å²) in [5.74, 6) is -9.71. The molecule has 542 valence electrons. The van der Waals surface area contributed by atoms with Crippen molar-refractivity contribution in [1.29, 1.82) is 0 Å². The molecule has 6 bridgehead atoms. The summed E-state index contributed by atoms with van der Waals surface area (Å²) in [5.41, 5.74) is 21.5. The van der Waals surface area contributed by atoms with E-state index in [1.54, 1.807) is 62.4 Å². The van der Waals surface area contributed by atoms with Gasteiger partial charge in [-0.2, -0.15) is 0 Å². The molecule has 16 nitrogen and oxygen atoms in total. The molecule has 0 spiro atoms. The minimum absolute atomic E-state index is 0.00254. The monoisotopic (exact) mass is 1410 g/mol. The molecule has 6 aromatic carbocycles. The number of nitrogens with two attached hydrogens (primary N) is 3. The largest absolute Gasteiger partial charge is 0.450 e. The maximum Gasteiger partial charge on any atom is 0.408 e. The van der Waals surface area contributed by atoms with E-state index < -0.39 is 101 Å². The predicted octanol–water partition coefficient (Wildman–Crippen LogP) is 12.6. The van der Waals surface area contributed by atoms with Crippen LogP contribution in [-0.4, -0.2) is 119 Å². The maximum absolute atomic E-state index is 14.1. The molecule has 12 rings (SSSR count). The van der Waals surface area contributed by atoms with Crippen molar-refractivity contribution in [2.45, 2.75) is 183 Å². The number of nitrogens with one attached hydrogen (secondary N) is 2. The van der Waals surface area contributed by atoms with Crippen LogP contribution in [-0.2, 0) is 47.9 Å². The number of ether oxygens (including phenoxy) is 3. The number of carbonyl (C=O) groups is 5. The van der Waals surface area contributed by atoms with Crippen molar-refractivity contribution in [3.05, 3.63) is 213 Å². The van der Waals surface area contributed by atoms with E-state index in [2.05, 4.69) is 10.6 Å². The molecular formula is C76H87F9N8O8. The fraction of sp³-hybridized carbons (Fsp3) is 0.461. The number of hydrogen-bond acceptors (Lipinski definition) is 11. The van der Waals surface area contributed by atoms with Gasteiger partial charge in [0.1, 0.15) is 29.5 Å². The summed E-state index contributed by atoms with van der Waals surface area (Å²) in [6, 6.07) is 28.5. The standard InChI is InChI=1S/2C26H30F3N3O3.C24H27F3N2O2/c2*1-2-35-26(34)31-24(15-6-4-3-5-7-15)25(33)32-18-8-9-19(32)11-17(10-18)23(30)13-16-12-21(28)22(29)14-20(16)27;1-31-23(14-5-3-2-4-6-14)24(30)29-17-7-8-18(29)10-16(9-17)22(28)12-15-11-20(26)21(27)13-19(15)25/h2*3-7,12,14,17-19,23-24H,2,8-11,13,30H2,1H3,(H,31,34);2-6,11,13,16-18,22-23H,7-10,12,28H2,1H3/t17?,18-,19+,23-,24+;17?,18-,19+,23-,24-;16?,17-,18+,22-,23+/m111/s1. The second-order valence-electron chi connectivity index (χ2n) is 27.2. The Hall–Kier alpha value is -8.52. The first-order valence-corrected chi connectivity index (χ1v) is 34.6. The van der Waals surface area contributed by atoms with Crippen LogP contribution in [0.3, 0.4) is 0 Å². The first-order valence-electron chi connectivity index (χ1n) is 34.6. The van der Waals surface area contributed by atoms with E-state index in [0.717, 1.165) is 62.3 Å². The molecule has 6 saturated heterocycles. The van der Waals surface area contributed by atoms with Crippen LogP contribution in [0.5, 0.6) is 0 Å². The zero-order valence-electron chi connectivity index (χ0n) is 56.5. The molecule has 101 heavy (non-hydrogen) atoms. The topological polar surface area (TPSA) is 225 Å². The van der Waals surface area contributed by atoms with Crippen LogP contribution >= 0.6 is 0 Å². The highest BCUT2D eigenvalue weighted by Gasteiger charge is 2.50. The number of halogens is 9. The number of hydrogen-bond donors (Lipinski definition) is 5. The van der Waals surface area contributed by atoms with Crippen LogP contribution in [0, 0.1) is 70.1 Å².